The lowest BCUT2D eigenvalue weighted by Gasteiger charge is -2.23. The largest absolute Gasteiger partial charge is 0.497 e. The molecule has 0 N–H and O–H groups in total. The van der Waals surface area contributed by atoms with E-state index in [1.165, 1.54) is 31.4 Å². The van der Waals surface area contributed by atoms with Crippen LogP contribution in [0.5, 0.6) is 5.75 Å². The van der Waals surface area contributed by atoms with Gasteiger partial charge in [0.2, 0.25) is 0 Å². The van der Waals surface area contributed by atoms with E-state index in [2.05, 4.69) is 0 Å². The van der Waals surface area contributed by atoms with Crippen LogP contribution in [0, 0.1) is 5.82 Å². The number of ketones is 1. The lowest BCUT2D eigenvalue weighted by molar-refractivity contribution is 0.0594. The molecule has 0 aliphatic rings. The van der Waals surface area contributed by atoms with Crippen molar-refractivity contribution in [2.75, 3.05) is 20.3 Å². The smallest absolute Gasteiger partial charge is 0.475 e. The lowest BCUT2D eigenvalue weighted by Crippen LogP contribution is -2.17. The van der Waals surface area contributed by atoms with E-state index in [-0.39, 0.29) is 13.2 Å². The highest BCUT2D eigenvalue weighted by atomic mass is 31.2. The summed E-state index contributed by atoms with van der Waals surface area (Å²) in [6.45, 7) is 3.41. The highest BCUT2D eigenvalue weighted by Crippen LogP contribution is 2.53. The number of halogens is 1. The van der Waals surface area contributed by atoms with Crippen molar-refractivity contribution in [2.45, 2.75) is 20.0 Å². The molecule has 146 valence electrons. The van der Waals surface area contributed by atoms with E-state index in [0.29, 0.717) is 16.9 Å². The van der Waals surface area contributed by atoms with Crippen molar-refractivity contribution in [2.24, 2.45) is 0 Å². The summed E-state index contributed by atoms with van der Waals surface area (Å²) >= 11 is 0. The van der Waals surface area contributed by atoms with Gasteiger partial charge in [0, 0.05) is 5.56 Å². The molecule has 0 aromatic heterocycles. The molecule has 1 unspecified atom stereocenters. The highest BCUT2D eigenvalue weighted by molar-refractivity contribution is 7.48. The van der Waals surface area contributed by atoms with E-state index in [0.717, 1.165) is 0 Å². The van der Waals surface area contributed by atoms with Gasteiger partial charge >= 0.3 is 7.82 Å². The third-order valence-corrected chi connectivity index (χ3v) is 5.21. The van der Waals surface area contributed by atoms with Crippen molar-refractivity contribution in [3.63, 3.8) is 0 Å². The van der Waals surface area contributed by atoms with Crippen LogP contribution in [-0.4, -0.2) is 26.1 Å². The summed E-state index contributed by atoms with van der Waals surface area (Å²) in [6.07, 6.45) is -1.29. The monoisotopic (exact) mass is 396 g/mol. The van der Waals surface area contributed by atoms with Crippen molar-refractivity contribution < 1.29 is 32.1 Å². The average Bonchev–Trinajstić information content (AvgIpc) is 2.67. The Morgan fingerprint density at radius 1 is 1.00 bits per heavy atom. The minimum Gasteiger partial charge on any atom is -0.497 e. The first kappa shape index (κ1) is 21.3. The van der Waals surface area contributed by atoms with E-state index in [1.54, 1.807) is 38.1 Å². The Morgan fingerprint density at radius 2 is 1.56 bits per heavy atom. The molecule has 2 aromatic carbocycles. The number of carbonyl (C=O) groups excluding carboxylic acids is 1. The number of phosphoric ester groups is 1. The maximum absolute atomic E-state index is 13.3. The van der Waals surface area contributed by atoms with Crippen molar-refractivity contribution in [3.8, 4) is 5.75 Å². The molecule has 2 aromatic rings. The number of hydrogen-bond donors (Lipinski definition) is 0. The summed E-state index contributed by atoms with van der Waals surface area (Å²) in [6, 6.07) is 11.5. The van der Waals surface area contributed by atoms with Crippen molar-refractivity contribution >= 4 is 13.6 Å². The number of methoxy groups -OCH3 is 1. The Hall–Kier alpha value is -2.05. The van der Waals surface area contributed by atoms with E-state index in [1.807, 2.05) is 0 Å². The molecule has 0 aliphatic heterocycles. The second kappa shape index (κ2) is 9.76. The predicted molar refractivity (Wildman–Crippen MR) is 98.4 cm³/mol. The lowest BCUT2D eigenvalue weighted by atomic mass is 10.00. The quantitative estimate of drug-likeness (QED) is 0.418. The van der Waals surface area contributed by atoms with E-state index >= 15 is 0 Å². The molecule has 0 bridgehead atoms. The number of phosphoric acid groups is 1. The Kier molecular flexibility index (Phi) is 7.68. The van der Waals surface area contributed by atoms with E-state index in [4.69, 9.17) is 18.3 Å². The van der Waals surface area contributed by atoms with Gasteiger partial charge in [-0.1, -0.05) is 12.1 Å². The fourth-order valence-electron chi connectivity index (χ4n) is 2.35. The minimum absolute atomic E-state index is 0.0736. The molecule has 27 heavy (non-hydrogen) atoms. The Balaban J connectivity index is 2.40. The van der Waals surface area contributed by atoms with Crippen molar-refractivity contribution in [1.29, 1.82) is 0 Å². The summed E-state index contributed by atoms with van der Waals surface area (Å²) in [5.74, 6) is -0.351. The summed E-state index contributed by atoms with van der Waals surface area (Å²) in [7, 11) is -2.47. The Labute approximate surface area is 157 Å². The van der Waals surface area contributed by atoms with Crippen LogP contribution in [0.4, 0.5) is 4.39 Å². The number of ether oxygens (including phenoxy) is 1. The SMILES string of the molecule is CCOP(=O)(OCC)OC(C(=O)c1ccc(OC)cc1)c1ccc(F)cc1. The second-order valence-electron chi connectivity index (χ2n) is 5.41. The van der Waals surface area contributed by atoms with Crippen LogP contribution in [0.2, 0.25) is 0 Å². The van der Waals surface area contributed by atoms with Crippen LogP contribution in [0.1, 0.15) is 35.9 Å². The number of rotatable bonds is 10. The summed E-state index contributed by atoms with van der Waals surface area (Å²) < 4.78 is 47.0. The van der Waals surface area contributed by atoms with Gasteiger partial charge in [-0.25, -0.2) is 8.96 Å². The fourth-order valence-corrected chi connectivity index (χ4v) is 3.65. The van der Waals surface area contributed by atoms with Gasteiger partial charge in [0.25, 0.3) is 0 Å². The predicted octanol–water partition coefficient (Wildman–Crippen LogP) is 4.96. The number of hydrogen-bond acceptors (Lipinski definition) is 6. The van der Waals surface area contributed by atoms with Crippen molar-refractivity contribution in [1.82, 2.24) is 0 Å². The van der Waals surface area contributed by atoms with Gasteiger partial charge in [-0.05, 0) is 55.8 Å². The zero-order chi connectivity index (χ0) is 19.9. The van der Waals surface area contributed by atoms with Gasteiger partial charge in [0.05, 0.1) is 20.3 Å². The molecule has 1 atom stereocenters. The summed E-state index contributed by atoms with van der Waals surface area (Å²) in [4.78, 5) is 13.0. The molecule has 0 spiro atoms. The second-order valence-corrected chi connectivity index (χ2v) is 7.03. The third kappa shape index (κ3) is 5.71. The number of carbonyl (C=O) groups is 1. The number of benzene rings is 2. The van der Waals surface area contributed by atoms with Gasteiger partial charge in [0.15, 0.2) is 11.9 Å². The van der Waals surface area contributed by atoms with Gasteiger partial charge in [-0.3, -0.25) is 18.4 Å². The van der Waals surface area contributed by atoms with Crippen LogP contribution >= 0.6 is 7.82 Å². The first-order valence-corrected chi connectivity index (χ1v) is 9.89. The molecule has 0 saturated heterocycles. The first-order valence-electron chi connectivity index (χ1n) is 8.43. The van der Waals surface area contributed by atoms with Crippen molar-refractivity contribution in [3.05, 3.63) is 65.5 Å². The fraction of sp³-hybridized carbons (Fsp3) is 0.316. The molecule has 2 rings (SSSR count). The molecule has 8 heteroatoms. The molecular formula is C19H22FO6P. The number of Topliss-reactive ketones (excluding diaryl/α,β-unsaturated/α-hetero) is 1. The van der Waals surface area contributed by atoms with Gasteiger partial charge in [0.1, 0.15) is 11.6 Å². The van der Waals surface area contributed by atoms with E-state index in [9.17, 15) is 13.8 Å². The average molecular weight is 396 g/mol. The van der Waals surface area contributed by atoms with Gasteiger partial charge < -0.3 is 4.74 Å². The normalized spacial score (nSPS) is 12.6. The zero-order valence-electron chi connectivity index (χ0n) is 15.4. The van der Waals surface area contributed by atoms with Gasteiger partial charge in [-0.2, -0.15) is 0 Å². The maximum atomic E-state index is 13.3. The van der Waals surface area contributed by atoms with Crippen LogP contribution in [0.3, 0.4) is 0 Å². The van der Waals surface area contributed by atoms with E-state index < -0.39 is 25.5 Å². The third-order valence-electron chi connectivity index (χ3n) is 3.59. The van der Waals surface area contributed by atoms with Gasteiger partial charge in [-0.15, -0.1) is 0 Å². The molecule has 0 amide bonds. The molecule has 0 radical (unpaired) electrons. The Morgan fingerprint density at radius 3 is 2.04 bits per heavy atom. The molecular weight excluding hydrogens is 374 g/mol. The van der Waals surface area contributed by atoms with Crippen LogP contribution in [-0.2, 0) is 18.1 Å². The molecule has 0 aliphatic carbocycles. The topological polar surface area (TPSA) is 71.1 Å². The Bertz CT molecular complexity index is 781. The molecule has 0 saturated carbocycles. The van der Waals surface area contributed by atoms with Crippen LogP contribution < -0.4 is 4.74 Å². The molecule has 6 nitrogen and oxygen atoms in total. The molecule has 0 fully saturated rings. The molecule has 0 heterocycles. The van der Waals surface area contributed by atoms with Crippen LogP contribution in [0.15, 0.2) is 48.5 Å². The summed E-state index contributed by atoms with van der Waals surface area (Å²) in [5, 5.41) is 0. The highest BCUT2D eigenvalue weighted by Gasteiger charge is 2.35. The standard InChI is InChI=1S/C19H22FO6P/c1-4-24-27(22,25-5-2)26-19(15-6-10-16(20)11-7-15)18(21)14-8-12-17(23-3)13-9-14/h6-13,19H,4-5H2,1-3H3. The van der Waals surface area contributed by atoms with Crippen LogP contribution in [0.25, 0.3) is 0 Å². The maximum Gasteiger partial charge on any atom is 0.475 e. The zero-order valence-corrected chi connectivity index (χ0v) is 16.3. The minimum atomic E-state index is -3.98. The summed E-state index contributed by atoms with van der Waals surface area (Å²) in [5.41, 5.74) is 0.640. The first-order chi connectivity index (χ1) is 12.9.